The Labute approximate surface area is 384 Å². The van der Waals surface area contributed by atoms with Gasteiger partial charge in [0.05, 0.1) is 29.0 Å². The van der Waals surface area contributed by atoms with Gasteiger partial charge in [0, 0.05) is 69.3 Å². The van der Waals surface area contributed by atoms with Crippen LogP contribution in [0.5, 0.6) is 0 Å². The molecule has 3 N–H and O–H groups in total. The molecule has 8 rings (SSSR count). The van der Waals surface area contributed by atoms with E-state index in [4.69, 9.17) is 0 Å². The van der Waals surface area contributed by atoms with Gasteiger partial charge in [-0.1, -0.05) is 101 Å². The summed E-state index contributed by atoms with van der Waals surface area (Å²) in [6, 6.07) is 28.1. The third-order valence-corrected chi connectivity index (χ3v) is 15.2. The molecular formula is C50H59BN4O8S2. The van der Waals surface area contributed by atoms with E-state index in [9.17, 15) is 36.0 Å². The smallest absolute Gasteiger partial charge is 0.488 e. The number of hydrogen-bond donors (Lipinski definition) is 3. The van der Waals surface area contributed by atoms with Crippen LogP contribution < -0.4 is 20.2 Å². The van der Waals surface area contributed by atoms with Gasteiger partial charge in [0.25, 0.3) is 10.1 Å². The quantitative estimate of drug-likeness (QED) is 0.0818. The van der Waals surface area contributed by atoms with Crippen LogP contribution >= 0.6 is 0 Å². The van der Waals surface area contributed by atoms with Crippen LogP contribution in [0, 0.1) is 0 Å². The van der Waals surface area contributed by atoms with Crippen molar-refractivity contribution in [3.05, 3.63) is 143 Å². The van der Waals surface area contributed by atoms with Gasteiger partial charge in [0.15, 0.2) is 13.1 Å². The maximum atomic E-state index is 11.8. The van der Waals surface area contributed by atoms with Crippen molar-refractivity contribution >= 4 is 66.4 Å². The van der Waals surface area contributed by atoms with Gasteiger partial charge in [-0.15, -0.1) is 0 Å². The molecule has 2 fully saturated rings. The Bertz CT molecular complexity index is 2860. The van der Waals surface area contributed by atoms with Crippen molar-refractivity contribution in [1.29, 1.82) is 0 Å². The number of fused-ring (bicyclic) bond motifs is 4. The molecule has 1 saturated heterocycles. The number of anilines is 3. The zero-order chi connectivity index (χ0) is 46.3. The van der Waals surface area contributed by atoms with Gasteiger partial charge in [-0.25, -0.2) is 13.0 Å². The molecule has 1 aliphatic carbocycles. The highest BCUT2D eigenvalue weighted by atomic mass is 32.2. The van der Waals surface area contributed by atoms with Crippen LogP contribution in [0.15, 0.2) is 132 Å². The molecule has 65 heavy (non-hydrogen) atoms. The van der Waals surface area contributed by atoms with Crippen molar-refractivity contribution in [2.24, 2.45) is 0 Å². The zero-order valence-corrected chi connectivity index (χ0v) is 39.3. The molecular weight excluding hydrogens is 860 g/mol. The topological polar surface area (TPSA) is 165 Å². The van der Waals surface area contributed by atoms with Gasteiger partial charge in [0.1, 0.15) is 0 Å². The number of allylic oxidation sites excluding steroid dienone is 8. The lowest BCUT2D eigenvalue weighted by Crippen LogP contribution is -2.45. The van der Waals surface area contributed by atoms with E-state index in [1.165, 1.54) is 22.4 Å². The second kappa shape index (κ2) is 18.3. The highest BCUT2D eigenvalue weighted by Crippen LogP contribution is 2.51. The number of hydrogen-bond acceptors (Lipinski definition) is 10. The van der Waals surface area contributed by atoms with Gasteiger partial charge in [-0.3, -0.25) is 4.55 Å². The Morgan fingerprint density at radius 3 is 1.92 bits per heavy atom. The van der Waals surface area contributed by atoms with E-state index in [2.05, 4.69) is 108 Å². The van der Waals surface area contributed by atoms with Crippen LogP contribution in [0.3, 0.4) is 0 Å². The van der Waals surface area contributed by atoms with E-state index in [0.717, 1.165) is 90.2 Å². The Hall–Kier alpha value is -5.03. The van der Waals surface area contributed by atoms with Crippen LogP contribution in [0.1, 0.15) is 70.9 Å². The lowest BCUT2D eigenvalue weighted by Gasteiger charge is -2.30. The molecule has 0 unspecified atom stereocenters. The van der Waals surface area contributed by atoms with Crippen LogP contribution in [0.25, 0.3) is 10.8 Å². The summed E-state index contributed by atoms with van der Waals surface area (Å²) in [7, 11) is -10.0. The summed E-state index contributed by atoms with van der Waals surface area (Å²) in [5.41, 5.74) is 10.7. The van der Waals surface area contributed by atoms with Crippen molar-refractivity contribution in [1.82, 2.24) is 0 Å². The highest BCUT2D eigenvalue weighted by molar-refractivity contribution is 7.85. The van der Waals surface area contributed by atoms with Gasteiger partial charge in [-0.05, 0) is 95.9 Å². The van der Waals surface area contributed by atoms with E-state index in [1.807, 2.05) is 36.4 Å². The fourth-order valence-electron chi connectivity index (χ4n) is 10.5. The normalized spacial score (nSPS) is 21.0. The molecule has 4 aromatic rings. The van der Waals surface area contributed by atoms with E-state index in [0.29, 0.717) is 18.6 Å². The second-order valence-corrected chi connectivity index (χ2v) is 21.7. The molecule has 0 radical (unpaired) electrons. The average Bonchev–Trinajstić information content (AvgIpc) is 3.62. The number of piperazine rings is 1. The fourth-order valence-corrected chi connectivity index (χ4v) is 11.5. The standard InChI is InChI=1S/C50H59BN4O8S2/c1-49(2)42-16-7-8-17-43(42)54(28-10-34-64(58,59)60)45(49)26-19-37-13-9-14-38(48(37)53-32-30-52(31-33-53)40-23-21-39(22-24-40)51(56)57)20-27-46-50(3,4)47-41-15-6-5-12-36(41)18-25-44(47)55(46)29-11-35-65(61,62)63/h5-8,12,15-27,56-57H,9-11,13-14,28-35H2,1-4H3,(H-,58,59,60,61,62,63). The van der Waals surface area contributed by atoms with Crippen molar-refractivity contribution in [2.75, 3.05) is 65.5 Å². The molecule has 0 aromatic heterocycles. The highest BCUT2D eigenvalue weighted by Gasteiger charge is 2.42. The average molecular weight is 919 g/mol. The summed E-state index contributed by atoms with van der Waals surface area (Å²) in [6.07, 6.45) is 12.0. The minimum Gasteiger partial charge on any atom is -0.748 e. The SMILES string of the molecule is CC1(C)/C(=C/C=C2\CCC/C(=C\C=C3\N(CCCS(=O)(=O)[O-])c4ccc5ccccc5c4C3(C)C)C2=[N+]2CCN(c3ccc(B(O)O)cc3)CC2)N(CCCS(=O)(=O)O)c2ccccc21. The van der Waals surface area contributed by atoms with Crippen LogP contribution in [0.2, 0.25) is 0 Å². The number of nitrogens with zero attached hydrogens (tertiary/aromatic N) is 4. The van der Waals surface area contributed by atoms with Gasteiger partial charge in [-0.2, -0.15) is 8.42 Å². The van der Waals surface area contributed by atoms with E-state index in [1.54, 1.807) is 12.1 Å². The first kappa shape index (κ1) is 46.5. The van der Waals surface area contributed by atoms with Gasteiger partial charge in [0.2, 0.25) is 5.71 Å². The fraction of sp³-hybridized carbons (Fsp3) is 0.380. The molecule has 4 aromatic carbocycles. The first-order valence-electron chi connectivity index (χ1n) is 22.6. The summed E-state index contributed by atoms with van der Waals surface area (Å²) < 4.78 is 71.0. The van der Waals surface area contributed by atoms with Crippen molar-refractivity contribution in [2.45, 2.75) is 70.6 Å². The molecule has 3 heterocycles. The first-order chi connectivity index (χ1) is 30.8. The summed E-state index contributed by atoms with van der Waals surface area (Å²) >= 11 is 0. The molecule has 0 amide bonds. The molecule has 12 nitrogen and oxygen atoms in total. The molecule has 342 valence electrons. The van der Waals surface area contributed by atoms with Crippen molar-refractivity contribution in [3.63, 3.8) is 0 Å². The summed E-state index contributed by atoms with van der Waals surface area (Å²) in [5.74, 6) is -0.767. The monoisotopic (exact) mass is 918 g/mol. The van der Waals surface area contributed by atoms with Crippen molar-refractivity contribution in [3.8, 4) is 0 Å². The zero-order valence-electron chi connectivity index (χ0n) is 37.7. The van der Waals surface area contributed by atoms with Gasteiger partial charge < -0.3 is 29.3 Å². The summed E-state index contributed by atoms with van der Waals surface area (Å²) in [6.45, 7) is 12.6. The Morgan fingerprint density at radius 1 is 0.708 bits per heavy atom. The number of para-hydroxylation sites is 1. The largest absolute Gasteiger partial charge is 0.748 e. The lowest BCUT2D eigenvalue weighted by atomic mass is 9.80. The molecule has 15 heteroatoms. The third kappa shape index (κ3) is 9.77. The Balaban J connectivity index is 1.21. The predicted octanol–water partition coefficient (Wildman–Crippen LogP) is 6.41. The Kier molecular flexibility index (Phi) is 13.1. The molecule has 0 spiro atoms. The summed E-state index contributed by atoms with van der Waals surface area (Å²) in [5, 5.41) is 21.6. The van der Waals surface area contributed by atoms with Crippen LogP contribution in [-0.4, -0.2) is 104 Å². The molecule has 4 aliphatic rings. The molecule has 3 aliphatic heterocycles. The minimum atomic E-state index is -4.39. The second-order valence-electron chi connectivity index (χ2n) is 18.6. The molecule has 1 saturated carbocycles. The van der Waals surface area contributed by atoms with Gasteiger partial charge >= 0.3 is 7.12 Å². The predicted molar refractivity (Wildman–Crippen MR) is 261 cm³/mol. The molecule has 0 atom stereocenters. The minimum absolute atomic E-state index is 0.196. The maximum absolute atomic E-state index is 11.8. The van der Waals surface area contributed by atoms with Crippen LogP contribution in [0.4, 0.5) is 17.1 Å². The summed E-state index contributed by atoms with van der Waals surface area (Å²) in [4.78, 5) is 6.71. The number of benzene rings is 4. The Morgan fingerprint density at radius 2 is 1.29 bits per heavy atom. The number of rotatable bonds is 12. The maximum Gasteiger partial charge on any atom is 0.488 e. The molecule has 0 bridgehead atoms. The van der Waals surface area contributed by atoms with E-state index >= 15 is 0 Å². The first-order valence-corrected chi connectivity index (χ1v) is 25.7. The van der Waals surface area contributed by atoms with E-state index in [-0.39, 0.29) is 24.0 Å². The van der Waals surface area contributed by atoms with E-state index < -0.39 is 38.5 Å². The van der Waals surface area contributed by atoms with Crippen molar-refractivity contribution < 1.29 is 40.6 Å². The lowest BCUT2D eigenvalue weighted by molar-refractivity contribution is -0.529. The third-order valence-electron chi connectivity index (χ3n) is 13.7. The van der Waals surface area contributed by atoms with Crippen LogP contribution in [-0.2, 0) is 31.1 Å².